The Morgan fingerprint density at radius 2 is 1.79 bits per heavy atom. The van der Waals surface area contributed by atoms with Crippen molar-refractivity contribution >= 4 is 22.6 Å². The van der Waals surface area contributed by atoms with Crippen LogP contribution in [0.25, 0.3) is 22.3 Å². The van der Waals surface area contributed by atoms with E-state index >= 15 is 0 Å². The van der Waals surface area contributed by atoms with Gasteiger partial charge in [-0.05, 0) is 18.2 Å². The van der Waals surface area contributed by atoms with Crippen LogP contribution >= 0.6 is 11.6 Å². The molecule has 0 fully saturated rings. The van der Waals surface area contributed by atoms with Crippen LogP contribution in [-0.4, -0.2) is 5.11 Å². The van der Waals surface area contributed by atoms with E-state index < -0.39 is 11.2 Å². The molecule has 0 aliphatic heterocycles. The third kappa shape index (κ3) is 1.98. The molecule has 1 aromatic heterocycles. The van der Waals surface area contributed by atoms with Crippen LogP contribution in [0.2, 0.25) is 5.02 Å². The summed E-state index contributed by atoms with van der Waals surface area (Å²) in [6.45, 7) is 0. The van der Waals surface area contributed by atoms with E-state index in [4.69, 9.17) is 16.0 Å². The second-order valence-corrected chi connectivity index (χ2v) is 4.55. The summed E-state index contributed by atoms with van der Waals surface area (Å²) in [5.74, 6) is -0.235. The molecule has 0 unspecified atom stereocenters. The van der Waals surface area contributed by atoms with Crippen LogP contribution in [0.5, 0.6) is 5.75 Å². The molecule has 0 aliphatic rings. The predicted octanol–water partition coefficient (Wildman–Crippen LogP) is 3.82. The lowest BCUT2D eigenvalue weighted by Crippen LogP contribution is -2.02. The second kappa shape index (κ2) is 4.44. The van der Waals surface area contributed by atoms with E-state index in [9.17, 15) is 9.90 Å². The highest BCUT2D eigenvalue weighted by Gasteiger charge is 2.14. The molecule has 0 saturated heterocycles. The van der Waals surface area contributed by atoms with Crippen LogP contribution in [0.15, 0.2) is 57.7 Å². The zero-order chi connectivity index (χ0) is 13.4. The Morgan fingerprint density at radius 3 is 2.53 bits per heavy atom. The molecule has 0 bridgehead atoms. The van der Waals surface area contributed by atoms with Gasteiger partial charge in [-0.3, -0.25) is 4.79 Å². The van der Waals surface area contributed by atoms with Crippen LogP contribution in [0, 0.1) is 0 Å². The number of hydrogen-bond acceptors (Lipinski definition) is 3. The van der Waals surface area contributed by atoms with E-state index in [0.717, 1.165) is 0 Å². The molecule has 2 aromatic carbocycles. The molecule has 1 heterocycles. The van der Waals surface area contributed by atoms with E-state index in [-0.39, 0.29) is 11.1 Å². The maximum Gasteiger partial charge on any atom is 0.235 e. The fourth-order valence-electron chi connectivity index (χ4n) is 1.94. The van der Waals surface area contributed by atoms with Crippen LogP contribution in [0.3, 0.4) is 0 Å². The van der Waals surface area contributed by atoms with Crippen molar-refractivity contribution < 1.29 is 9.52 Å². The van der Waals surface area contributed by atoms with E-state index in [0.29, 0.717) is 16.2 Å². The van der Waals surface area contributed by atoms with Gasteiger partial charge in [-0.15, -0.1) is 0 Å². The number of hydrogen-bond donors (Lipinski definition) is 1. The van der Waals surface area contributed by atoms with Crippen LogP contribution in [0.1, 0.15) is 0 Å². The lowest BCUT2D eigenvalue weighted by atomic mass is 10.1. The molecule has 4 heteroatoms. The highest BCUT2D eigenvalue weighted by molar-refractivity contribution is 6.31. The van der Waals surface area contributed by atoms with Crippen molar-refractivity contribution in [2.45, 2.75) is 0 Å². The van der Waals surface area contributed by atoms with Gasteiger partial charge in [0.1, 0.15) is 5.58 Å². The number of halogens is 1. The van der Waals surface area contributed by atoms with Crippen molar-refractivity contribution in [2.24, 2.45) is 0 Å². The molecule has 0 saturated carbocycles. The van der Waals surface area contributed by atoms with Crippen molar-refractivity contribution in [1.29, 1.82) is 0 Å². The number of rotatable bonds is 1. The minimum Gasteiger partial charge on any atom is -0.502 e. The summed E-state index contributed by atoms with van der Waals surface area (Å²) in [7, 11) is 0. The smallest absolute Gasteiger partial charge is 0.235 e. The van der Waals surface area contributed by atoms with E-state index in [1.54, 1.807) is 36.4 Å². The molecule has 3 rings (SSSR count). The maximum atomic E-state index is 12.1. The Hall–Kier alpha value is -2.26. The van der Waals surface area contributed by atoms with Crippen molar-refractivity contribution in [3.63, 3.8) is 0 Å². The number of benzene rings is 2. The first-order valence-corrected chi connectivity index (χ1v) is 6.05. The van der Waals surface area contributed by atoms with Crippen LogP contribution in [0.4, 0.5) is 0 Å². The molecule has 3 aromatic rings. The van der Waals surface area contributed by atoms with Crippen molar-refractivity contribution in [3.05, 3.63) is 63.8 Å². The van der Waals surface area contributed by atoms with Crippen LogP contribution < -0.4 is 5.43 Å². The molecular weight excluding hydrogens is 264 g/mol. The minimum atomic E-state index is -0.484. The summed E-state index contributed by atoms with van der Waals surface area (Å²) in [6, 6.07) is 13.7. The zero-order valence-corrected chi connectivity index (χ0v) is 10.5. The van der Waals surface area contributed by atoms with Crippen molar-refractivity contribution in [3.8, 4) is 17.1 Å². The highest BCUT2D eigenvalue weighted by Crippen LogP contribution is 2.30. The molecule has 0 atom stereocenters. The minimum absolute atomic E-state index is 0.167. The maximum absolute atomic E-state index is 12.1. The van der Waals surface area contributed by atoms with Gasteiger partial charge < -0.3 is 9.52 Å². The topological polar surface area (TPSA) is 50.4 Å². The fraction of sp³-hybridized carbons (Fsp3) is 0. The first-order valence-electron chi connectivity index (χ1n) is 5.67. The molecule has 0 spiro atoms. The van der Waals surface area contributed by atoms with Gasteiger partial charge in [0.2, 0.25) is 11.2 Å². The third-order valence-corrected chi connectivity index (χ3v) is 3.10. The Balaban J connectivity index is 2.37. The quantitative estimate of drug-likeness (QED) is 0.733. The summed E-state index contributed by atoms with van der Waals surface area (Å²) >= 11 is 5.84. The Bertz CT molecular complexity index is 807. The van der Waals surface area contributed by atoms with Gasteiger partial charge in [0.05, 0.1) is 5.39 Å². The van der Waals surface area contributed by atoms with Gasteiger partial charge in [-0.25, -0.2) is 0 Å². The van der Waals surface area contributed by atoms with Gasteiger partial charge in [-0.1, -0.05) is 41.9 Å². The van der Waals surface area contributed by atoms with Crippen molar-refractivity contribution in [1.82, 2.24) is 0 Å². The first-order chi connectivity index (χ1) is 9.16. The summed E-state index contributed by atoms with van der Waals surface area (Å²) in [4.78, 5) is 12.1. The first kappa shape index (κ1) is 11.8. The average Bonchev–Trinajstić information content (AvgIpc) is 2.44. The monoisotopic (exact) mass is 272 g/mol. The zero-order valence-electron chi connectivity index (χ0n) is 9.76. The lowest BCUT2D eigenvalue weighted by Gasteiger charge is -2.05. The summed E-state index contributed by atoms with van der Waals surface area (Å²) in [5, 5.41) is 10.7. The third-order valence-electron chi connectivity index (χ3n) is 2.86. The predicted molar refractivity (Wildman–Crippen MR) is 74.6 cm³/mol. The number of aromatic hydroxyl groups is 1. The van der Waals surface area contributed by atoms with Crippen molar-refractivity contribution in [2.75, 3.05) is 0 Å². The lowest BCUT2D eigenvalue weighted by molar-refractivity contribution is 0.449. The SMILES string of the molecule is O=c1c(O)c(-c2ccccc2)oc2ccc(Cl)cc12. The van der Waals surface area contributed by atoms with Gasteiger partial charge in [-0.2, -0.15) is 0 Å². The molecule has 1 N–H and O–H groups in total. The van der Waals surface area contributed by atoms with Gasteiger partial charge >= 0.3 is 0 Å². The Kier molecular flexibility index (Phi) is 2.76. The van der Waals surface area contributed by atoms with E-state index in [2.05, 4.69) is 0 Å². The Morgan fingerprint density at radius 1 is 1.05 bits per heavy atom. The van der Waals surface area contributed by atoms with E-state index in [1.165, 1.54) is 6.07 Å². The molecule has 0 amide bonds. The van der Waals surface area contributed by atoms with Gasteiger partial charge in [0, 0.05) is 10.6 Å². The molecule has 0 radical (unpaired) electrons. The second-order valence-electron chi connectivity index (χ2n) is 4.12. The summed E-state index contributed by atoms with van der Waals surface area (Å²) in [6.07, 6.45) is 0. The molecular formula is C15H9ClO3. The normalized spacial score (nSPS) is 10.8. The van der Waals surface area contributed by atoms with E-state index in [1.807, 2.05) is 6.07 Å². The van der Waals surface area contributed by atoms with Gasteiger partial charge in [0.25, 0.3) is 0 Å². The summed E-state index contributed by atoms with van der Waals surface area (Å²) < 4.78 is 5.61. The average molecular weight is 273 g/mol. The van der Waals surface area contributed by atoms with Crippen LogP contribution in [-0.2, 0) is 0 Å². The fourth-order valence-corrected chi connectivity index (χ4v) is 2.11. The molecule has 0 aliphatic carbocycles. The number of fused-ring (bicyclic) bond motifs is 1. The van der Waals surface area contributed by atoms with Gasteiger partial charge in [0.15, 0.2) is 5.76 Å². The standard InChI is InChI=1S/C15H9ClO3/c16-10-6-7-12-11(8-10)13(17)14(18)15(19-12)9-4-2-1-3-5-9/h1-8,18H. The Labute approximate surface area is 113 Å². The summed E-state index contributed by atoms with van der Waals surface area (Å²) in [5.41, 5.74) is 0.558. The highest BCUT2D eigenvalue weighted by atomic mass is 35.5. The molecule has 19 heavy (non-hydrogen) atoms. The molecule has 94 valence electrons. The molecule has 3 nitrogen and oxygen atoms in total. The largest absolute Gasteiger partial charge is 0.502 e.